The zero-order valence-electron chi connectivity index (χ0n) is 9.30. The molecule has 1 N–H and O–H groups in total. The van der Waals surface area contributed by atoms with E-state index in [1.807, 2.05) is 11.8 Å². The summed E-state index contributed by atoms with van der Waals surface area (Å²) in [7, 11) is 0. The summed E-state index contributed by atoms with van der Waals surface area (Å²) in [5.74, 6) is 5.45. The van der Waals surface area contributed by atoms with Gasteiger partial charge in [-0.3, -0.25) is 0 Å². The lowest BCUT2D eigenvalue weighted by Crippen LogP contribution is -2.26. The molecule has 88 valence electrons. The van der Waals surface area contributed by atoms with Crippen LogP contribution < -0.4 is 0 Å². The Bertz CT molecular complexity index is 373. The van der Waals surface area contributed by atoms with Gasteiger partial charge in [0.1, 0.15) is 11.6 Å². The Morgan fingerprint density at radius 3 is 3.12 bits per heavy atom. The quantitative estimate of drug-likeness (QED) is 0.832. The van der Waals surface area contributed by atoms with Crippen LogP contribution in [0.3, 0.4) is 0 Å². The lowest BCUT2D eigenvalue weighted by Gasteiger charge is -2.20. The van der Waals surface area contributed by atoms with Crippen molar-refractivity contribution in [1.82, 2.24) is 14.8 Å². The average Bonchev–Trinajstić information content (AvgIpc) is 2.90. The van der Waals surface area contributed by atoms with Gasteiger partial charge in [-0.05, 0) is 30.3 Å². The molecular weight excluding hydrogens is 222 g/mol. The number of hydrogen-bond donors (Lipinski definition) is 1. The number of nitrogens with zero attached hydrogens (tertiary/aromatic N) is 3. The Hall–Kier alpha value is -0.550. The molecule has 3 rings (SSSR count). The van der Waals surface area contributed by atoms with Gasteiger partial charge in [-0.1, -0.05) is 0 Å². The molecule has 3 heterocycles. The van der Waals surface area contributed by atoms with Gasteiger partial charge in [-0.25, -0.2) is 0 Å². The summed E-state index contributed by atoms with van der Waals surface area (Å²) < 4.78 is 2.14. The molecule has 2 aliphatic rings. The molecule has 2 unspecified atom stereocenters. The van der Waals surface area contributed by atoms with E-state index in [-0.39, 0.29) is 6.10 Å². The molecule has 1 aromatic rings. The lowest BCUT2D eigenvalue weighted by molar-refractivity contribution is 0.128. The van der Waals surface area contributed by atoms with Gasteiger partial charge in [0.05, 0.1) is 12.6 Å². The highest BCUT2D eigenvalue weighted by atomic mass is 32.2. The molecule has 0 radical (unpaired) electrons. The Labute approximate surface area is 99.4 Å². The van der Waals surface area contributed by atoms with Gasteiger partial charge >= 0.3 is 0 Å². The summed E-state index contributed by atoms with van der Waals surface area (Å²) in [5, 5.41) is 18.2. The number of fused-ring (bicyclic) bond motifs is 1. The highest BCUT2D eigenvalue weighted by Gasteiger charge is 2.24. The smallest absolute Gasteiger partial charge is 0.133 e. The zero-order chi connectivity index (χ0) is 11.0. The summed E-state index contributed by atoms with van der Waals surface area (Å²) in [6.07, 6.45) is 3.83. The van der Waals surface area contributed by atoms with E-state index in [9.17, 15) is 5.11 Å². The average molecular weight is 239 g/mol. The molecule has 16 heavy (non-hydrogen) atoms. The van der Waals surface area contributed by atoms with Gasteiger partial charge in [0.15, 0.2) is 0 Å². The first kappa shape index (κ1) is 10.6. The molecule has 1 fully saturated rings. The van der Waals surface area contributed by atoms with Crippen LogP contribution in [0.25, 0.3) is 0 Å². The monoisotopic (exact) mass is 239 g/mol. The Balaban J connectivity index is 1.77. The Kier molecular flexibility index (Phi) is 2.90. The normalized spacial score (nSPS) is 29.3. The molecule has 0 spiro atoms. The van der Waals surface area contributed by atoms with Crippen LogP contribution in [-0.2, 0) is 19.4 Å². The zero-order valence-corrected chi connectivity index (χ0v) is 10.1. The second-order valence-electron chi connectivity index (χ2n) is 4.77. The summed E-state index contributed by atoms with van der Waals surface area (Å²) in [4.78, 5) is 0. The van der Waals surface area contributed by atoms with Crippen LogP contribution in [0.4, 0.5) is 0 Å². The van der Waals surface area contributed by atoms with E-state index in [1.165, 1.54) is 17.9 Å². The largest absolute Gasteiger partial charge is 0.391 e. The molecule has 2 atom stereocenters. The summed E-state index contributed by atoms with van der Waals surface area (Å²) in [5.41, 5.74) is 0. The van der Waals surface area contributed by atoms with Gasteiger partial charge in [0, 0.05) is 12.8 Å². The van der Waals surface area contributed by atoms with E-state index in [2.05, 4.69) is 14.8 Å². The van der Waals surface area contributed by atoms with Crippen LogP contribution in [0, 0.1) is 5.92 Å². The predicted octanol–water partition coefficient (Wildman–Crippen LogP) is 0.881. The topological polar surface area (TPSA) is 50.9 Å². The fourth-order valence-electron chi connectivity index (χ4n) is 2.52. The van der Waals surface area contributed by atoms with Crippen molar-refractivity contribution in [1.29, 1.82) is 0 Å². The first-order valence-corrected chi connectivity index (χ1v) is 7.15. The third-order valence-corrected chi connectivity index (χ3v) is 4.73. The predicted molar refractivity (Wildman–Crippen MR) is 63.5 cm³/mol. The molecule has 0 bridgehead atoms. The van der Waals surface area contributed by atoms with Crippen LogP contribution in [0.2, 0.25) is 0 Å². The van der Waals surface area contributed by atoms with Crippen molar-refractivity contribution in [3.05, 3.63) is 11.6 Å². The maximum atomic E-state index is 9.68. The highest BCUT2D eigenvalue weighted by Crippen LogP contribution is 2.27. The van der Waals surface area contributed by atoms with Crippen molar-refractivity contribution in [2.24, 2.45) is 5.92 Å². The van der Waals surface area contributed by atoms with Crippen molar-refractivity contribution >= 4 is 11.8 Å². The van der Waals surface area contributed by atoms with Crippen LogP contribution in [-0.4, -0.2) is 37.5 Å². The van der Waals surface area contributed by atoms with Crippen LogP contribution in [0.5, 0.6) is 0 Å². The summed E-state index contributed by atoms with van der Waals surface area (Å²) in [6.45, 7) is 0.692. The molecule has 0 amide bonds. The Morgan fingerprint density at radius 2 is 2.31 bits per heavy atom. The SMILES string of the molecule is OC1CCc2nnc(CC3CCSC3)n2C1. The van der Waals surface area contributed by atoms with E-state index in [1.54, 1.807) is 0 Å². The number of aliphatic hydroxyl groups is 1. The van der Waals surface area contributed by atoms with E-state index >= 15 is 0 Å². The number of aromatic nitrogens is 3. The lowest BCUT2D eigenvalue weighted by atomic mass is 10.0. The second-order valence-corrected chi connectivity index (χ2v) is 5.92. The third-order valence-electron chi connectivity index (χ3n) is 3.49. The van der Waals surface area contributed by atoms with Gasteiger partial charge in [-0.2, -0.15) is 11.8 Å². The molecule has 4 nitrogen and oxygen atoms in total. The Morgan fingerprint density at radius 1 is 1.38 bits per heavy atom. The van der Waals surface area contributed by atoms with Crippen LogP contribution in [0.1, 0.15) is 24.5 Å². The summed E-state index contributed by atoms with van der Waals surface area (Å²) in [6, 6.07) is 0. The first-order chi connectivity index (χ1) is 7.83. The number of thioether (sulfide) groups is 1. The van der Waals surface area contributed by atoms with E-state index in [4.69, 9.17) is 0 Å². The molecule has 1 saturated heterocycles. The number of aryl methyl sites for hydroxylation is 1. The summed E-state index contributed by atoms with van der Waals surface area (Å²) >= 11 is 2.04. The van der Waals surface area contributed by atoms with E-state index in [0.29, 0.717) is 6.54 Å². The van der Waals surface area contributed by atoms with Gasteiger partial charge < -0.3 is 9.67 Å². The number of aliphatic hydroxyl groups excluding tert-OH is 1. The fourth-order valence-corrected chi connectivity index (χ4v) is 3.80. The highest BCUT2D eigenvalue weighted by molar-refractivity contribution is 7.99. The van der Waals surface area contributed by atoms with Gasteiger partial charge in [-0.15, -0.1) is 10.2 Å². The van der Waals surface area contributed by atoms with Crippen LogP contribution >= 0.6 is 11.8 Å². The second kappa shape index (κ2) is 4.37. The maximum absolute atomic E-state index is 9.68. The van der Waals surface area contributed by atoms with Crippen molar-refractivity contribution in [3.63, 3.8) is 0 Å². The van der Waals surface area contributed by atoms with E-state index in [0.717, 1.165) is 36.8 Å². The molecule has 1 aromatic heterocycles. The van der Waals surface area contributed by atoms with Gasteiger partial charge in [0.25, 0.3) is 0 Å². The molecule has 0 aliphatic carbocycles. The van der Waals surface area contributed by atoms with Gasteiger partial charge in [0.2, 0.25) is 0 Å². The van der Waals surface area contributed by atoms with Crippen molar-refractivity contribution < 1.29 is 5.11 Å². The molecule has 5 heteroatoms. The third kappa shape index (κ3) is 1.98. The van der Waals surface area contributed by atoms with Crippen molar-refractivity contribution in [3.8, 4) is 0 Å². The molecular formula is C11H17N3OS. The first-order valence-electron chi connectivity index (χ1n) is 5.99. The number of rotatable bonds is 2. The molecule has 0 aromatic carbocycles. The van der Waals surface area contributed by atoms with Crippen molar-refractivity contribution in [2.45, 2.75) is 38.3 Å². The van der Waals surface area contributed by atoms with E-state index < -0.39 is 0 Å². The minimum Gasteiger partial charge on any atom is -0.391 e. The molecule has 0 saturated carbocycles. The minimum absolute atomic E-state index is 0.208. The number of hydrogen-bond acceptors (Lipinski definition) is 4. The standard InChI is InChI=1S/C11H17N3OS/c15-9-1-2-10-12-13-11(14(10)6-9)5-8-3-4-16-7-8/h8-9,15H,1-7H2. The molecule has 2 aliphatic heterocycles. The van der Waals surface area contributed by atoms with Crippen LogP contribution in [0.15, 0.2) is 0 Å². The van der Waals surface area contributed by atoms with Crippen molar-refractivity contribution in [2.75, 3.05) is 11.5 Å². The maximum Gasteiger partial charge on any atom is 0.133 e. The fraction of sp³-hybridized carbons (Fsp3) is 0.818. The minimum atomic E-state index is -0.208.